The minimum atomic E-state index is -0.0624. The molecule has 3 heteroatoms. The summed E-state index contributed by atoms with van der Waals surface area (Å²) in [5.41, 5.74) is 0. The van der Waals surface area contributed by atoms with E-state index in [-0.39, 0.29) is 6.10 Å². The van der Waals surface area contributed by atoms with Gasteiger partial charge in [0.1, 0.15) is 0 Å². The number of nitrogens with zero attached hydrogens (tertiary/aromatic N) is 1. The van der Waals surface area contributed by atoms with E-state index in [0.29, 0.717) is 0 Å². The lowest BCUT2D eigenvalue weighted by atomic mass is 10.1. The van der Waals surface area contributed by atoms with Crippen LogP contribution in [-0.2, 0) is 0 Å². The van der Waals surface area contributed by atoms with Gasteiger partial charge in [0.15, 0.2) is 0 Å². The molecule has 1 aliphatic rings. The summed E-state index contributed by atoms with van der Waals surface area (Å²) in [6.07, 6.45) is 3.38. The molecule has 1 fully saturated rings. The van der Waals surface area contributed by atoms with Gasteiger partial charge >= 0.3 is 0 Å². The first kappa shape index (κ1) is 11.3. The van der Waals surface area contributed by atoms with Crippen molar-refractivity contribution in [1.29, 1.82) is 0 Å². The minimum absolute atomic E-state index is 0.0624. The van der Waals surface area contributed by atoms with E-state index in [9.17, 15) is 5.11 Å². The van der Waals surface area contributed by atoms with E-state index >= 15 is 0 Å². The Balaban J connectivity index is 2.00. The molecule has 2 nitrogen and oxygen atoms in total. The van der Waals surface area contributed by atoms with E-state index in [1.165, 1.54) is 37.4 Å². The molecule has 0 saturated carbocycles. The Morgan fingerprint density at radius 3 is 3.08 bits per heavy atom. The highest BCUT2D eigenvalue weighted by Gasteiger charge is 2.16. The SMILES string of the molecule is CCSCCCN1CCCC(O)C1. The maximum Gasteiger partial charge on any atom is 0.0667 e. The summed E-state index contributed by atoms with van der Waals surface area (Å²) in [5.74, 6) is 2.49. The number of aliphatic hydroxyl groups is 1. The topological polar surface area (TPSA) is 23.5 Å². The minimum Gasteiger partial charge on any atom is -0.392 e. The van der Waals surface area contributed by atoms with Crippen LogP contribution in [0.25, 0.3) is 0 Å². The van der Waals surface area contributed by atoms with Crippen LogP contribution in [-0.4, -0.2) is 47.3 Å². The zero-order valence-electron chi connectivity index (χ0n) is 8.54. The van der Waals surface area contributed by atoms with Crippen molar-refractivity contribution in [2.45, 2.75) is 32.3 Å². The molecule has 1 saturated heterocycles. The average Bonchev–Trinajstić information content (AvgIpc) is 2.13. The van der Waals surface area contributed by atoms with E-state index in [4.69, 9.17) is 0 Å². The highest BCUT2D eigenvalue weighted by Crippen LogP contribution is 2.10. The summed E-state index contributed by atoms with van der Waals surface area (Å²) in [6, 6.07) is 0. The Morgan fingerprint density at radius 1 is 1.54 bits per heavy atom. The van der Waals surface area contributed by atoms with Gasteiger partial charge in [0, 0.05) is 6.54 Å². The van der Waals surface area contributed by atoms with Crippen molar-refractivity contribution in [1.82, 2.24) is 4.90 Å². The van der Waals surface area contributed by atoms with Gasteiger partial charge in [-0.2, -0.15) is 11.8 Å². The predicted octanol–water partition coefficient (Wildman–Crippen LogP) is 1.59. The van der Waals surface area contributed by atoms with Crippen molar-refractivity contribution < 1.29 is 5.11 Å². The van der Waals surface area contributed by atoms with Crippen LogP contribution in [0.5, 0.6) is 0 Å². The fourth-order valence-electron chi connectivity index (χ4n) is 1.77. The standard InChI is InChI=1S/C10H21NOS/c1-2-13-8-4-7-11-6-3-5-10(12)9-11/h10,12H,2-9H2,1H3. The number of aliphatic hydroxyl groups excluding tert-OH is 1. The van der Waals surface area contributed by atoms with Crippen molar-refractivity contribution in [3.8, 4) is 0 Å². The maximum atomic E-state index is 9.44. The van der Waals surface area contributed by atoms with Gasteiger partial charge in [-0.05, 0) is 43.9 Å². The van der Waals surface area contributed by atoms with E-state index in [2.05, 4.69) is 11.8 Å². The molecule has 1 heterocycles. The summed E-state index contributed by atoms with van der Waals surface area (Å²) in [5, 5.41) is 9.44. The molecule has 1 N–H and O–H groups in total. The number of hydrogen-bond acceptors (Lipinski definition) is 3. The molecule has 78 valence electrons. The molecule has 0 amide bonds. The van der Waals surface area contributed by atoms with Crippen molar-refractivity contribution in [3.63, 3.8) is 0 Å². The van der Waals surface area contributed by atoms with Crippen LogP contribution in [0.15, 0.2) is 0 Å². The van der Waals surface area contributed by atoms with Gasteiger partial charge in [-0.1, -0.05) is 6.92 Å². The smallest absolute Gasteiger partial charge is 0.0667 e. The van der Waals surface area contributed by atoms with Crippen molar-refractivity contribution in [3.05, 3.63) is 0 Å². The number of β-amino-alcohol motifs (C(OH)–C–C–N with tert-alkyl or cyclic N) is 1. The number of likely N-dealkylation sites (tertiary alicyclic amines) is 1. The zero-order valence-corrected chi connectivity index (χ0v) is 9.35. The van der Waals surface area contributed by atoms with E-state index in [1.54, 1.807) is 0 Å². The first-order valence-corrected chi connectivity index (χ1v) is 6.46. The third kappa shape index (κ3) is 4.89. The highest BCUT2D eigenvalue weighted by molar-refractivity contribution is 7.99. The third-order valence-electron chi connectivity index (χ3n) is 2.45. The first-order chi connectivity index (χ1) is 6.33. The Morgan fingerprint density at radius 2 is 2.38 bits per heavy atom. The lowest BCUT2D eigenvalue weighted by Crippen LogP contribution is -2.38. The van der Waals surface area contributed by atoms with E-state index < -0.39 is 0 Å². The third-order valence-corrected chi connectivity index (χ3v) is 3.43. The molecule has 0 aromatic heterocycles. The molecule has 13 heavy (non-hydrogen) atoms. The lowest BCUT2D eigenvalue weighted by Gasteiger charge is -2.29. The summed E-state index contributed by atoms with van der Waals surface area (Å²) >= 11 is 2.01. The van der Waals surface area contributed by atoms with Gasteiger partial charge in [-0.15, -0.1) is 0 Å². The Bertz CT molecular complexity index is 132. The quantitative estimate of drug-likeness (QED) is 0.686. The van der Waals surface area contributed by atoms with Crippen LogP contribution in [0, 0.1) is 0 Å². The van der Waals surface area contributed by atoms with Crippen LogP contribution in [0.1, 0.15) is 26.2 Å². The number of thioether (sulfide) groups is 1. The van der Waals surface area contributed by atoms with Crippen molar-refractivity contribution >= 4 is 11.8 Å². The molecular weight excluding hydrogens is 182 g/mol. The van der Waals surface area contributed by atoms with Gasteiger partial charge in [0.25, 0.3) is 0 Å². The molecule has 1 rings (SSSR count). The molecule has 0 spiro atoms. The van der Waals surface area contributed by atoms with Gasteiger partial charge in [-0.3, -0.25) is 0 Å². The normalized spacial score (nSPS) is 24.9. The predicted molar refractivity (Wildman–Crippen MR) is 59.3 cm³/mol. The second kappa shape index (κ2) is 6.68. The summed E-state index contributed by atoms with van der Waals surface area (Å²) < 4.78 is 0. The van der Waals surface area contributed by atoms with Crippen LogP contribution in [0.3, 0.4) is 0 Å². The largest absolute Gasteiger partial charge is 0.392 e. The monoisotopic (exact) mass is 203 g/mol. The molecule has 0 aromatic carbocycles. The van der Waals surface area contributed by atoms with E-state index in [0.717, 1.165) is 13.0 Å². The molecule has 1 aliphatic heterocycles. The van der Waals surface area contributed by atoms with E-state index in [1.807, 2.05) is 11.8 Å². The van der Waals surface area contributed by atoms with Crippen molar-refractivity contribution in [2.75, 3.05) is 31.1 Å². The maximum absolute atomic E-state index is 9.44. The Labute approximate surface area is 85.7 Å². The highest BCUT2D eigenvalue weighted by atomic mass is 32.2. The summed E-state index contributed by atoms with van der Waals surface area (Å²) in [4.78, 5) is 2.39. The first-order valence-electron chi connectivity index (χ1n) is 5.31. The fourth-order valence-corrected chi connectivity index (χ4v) is 2.39. The number of hydrogen-bond donors (Lipinski definition) is 1. The number of rotatable bonds is 5. The fraction of sp³-hybridized carbons (Fsp3) is 1.00. The molecule has 0 radical (unpaired) electrons. The summed E-state index contributed by atoms with van der Waals surface area (Å²) in [6.45, 7) is 5.46. The second-order valence-corrected chi connectivity index (χ2v) is 5.04. The molecular formula is C10H21NOS. The molecule has 0 bridgehead atoms. The zero-order chi connectivity index (χ0) is 9.52. The molecule has 0 aliphatic carbocycles. The van der Waals surface area contributed by atoms with Crippen molar-refractivity contribution in [2.24, 2.45) is 0 Å². The van der Waals surface area contributed by atoms with Crippen LogP contribution in [0.4, 0.5) is 0 Å². The molecule has 0 aromatic rings. The van der Waals surface area contributed by atoms with Gasteiger partial charge < -0.3 is 10.0 Å². The molecule has 1 atom stereocenters. The Kier molecular flexibility index (Phi) is 5.83. The number of piperidine rings is 1. The lowest BCUT2D eigenvalue weighted by molar-refractivity contribution is 0.0710. The average molecular weight is 203 g/mol. The van der Waals surface area contributed by atoms with Gasteiger partial charge in [-0.25, -0.2) is 0 Å². The molecule has 1 unspecified atom stereocenters. The Hall–Kier alpha value is 0.270. The summed E-state index contributed by atoms with van der Waals surface area (Å²) in [7, 11) is 0. The van der Waals surface area contributed by atoms with Crippen LogP contribution in [0.2, 0.25) is 0 Å². The second-order valence-electron chi connectivity index (χ2n) is 3.65. The van der Waals surface area contributed by atoms with Gasteiger partial charge in [0.2, 0.25) is 0 Å². The van der Waals surface area contributed by atoms with Gasteiger partial charge in [0.05, 0.1) is 6.10 Å². The van der Waals surface area contributed by atoms with Crippen LogP contribution < -0.4 is 0 Å². The van der Waals surface area contributed by atoms with Crippen LogP contribution >= 0.6 is 11.8 Å².